The van der Waals surface area contributed by atoms with E-state index in [-0.39, 0.29) is 66.8 Å². The molecular formula is C13H24N4O6Pt2. The fraction of sp³-hybridized carbons (Fsp3) is 0.692. The molecule has 0 saturated carbocycles. The normalized spacial score (nSPS) is 8.16. The Bertz CT molecular complexity index is 327. The van der Waals surface area contributed by atoms with Crippen molar-refractivity contribution in [1.29, 1.82) is 0 Å². The van der Waals surface area contributed by atoms with Gasteiger partial charge >= 0.3 is 42.1 Å². The van der Waals surface area contributed by atoms with E-state index >= 15 is 0 Å². The second kappa shape index (κ2) is 28.3. The molecule has 25 heavy (non-hydrogen) atoms. The third-order valence-electron chi connectivity index (χ3n) is 2.00. The van der Waals surface area contributed by atoms with Gasteiger partial charge in [0, 0.05) is 31.2 Å². The van der Waals surface area contributed by atoms with Crippen LogP contribution in [0.2, 0.25) is 0 Å². The fourth-order valence-corrected chi connectivity index (χ4v) is 0.893. The minimum absolute atomic E-state index is 0. The van der Waals surface area contributed by atoms with E-state index in [1.54, 1.807) is 0 Å². The standard InChI is InChI=1S/2C5H11N2O.C3H4O4.2Pt/c2*6-3-1-2-5(8)4-7;4-2(5)1-3(6)7;;/h2*7H,1-4,6H2;1H2,(H,4,5)(H,6,7);;/q2*-1;;2*+2/p-2. The quantitative estimate of drug-likeness (QED) is 0.231. The molecule has 10 nitrogen and oxygen atoms in total. The summed E-state index contributed by atoms with van der Waals surface area (Å²) in [5.41, 5.74) is 23.4. The van der Waals surface area contributed by atoms with Crippen LogP contribution in [-0.4, -0.2) is 49.7 Å². The summed E-state index contributed by atoms with van der Waals surface area (Å²) in [5.74, 6) is -3.29. The zero-order valence-electron chi connectivity index (χ0n) is 13.6. The first-order valence-electron chi connectivity index (χ1n) is 6.87. The molecule has 0 fully saturated rings. The summed E-state index contributed by atoms with van der Waals surface area (Å²) in [5, 5.41) is 18.6. The average Bonchev–Trinajstić information content (AvgIpc) is 2.49. The maximum absolute atomic E-state index is 10.3. The predicted molar refractivity (Wildman–Crippen MR) is 79.6 cm³/mol. The van der Waals surface area contributed by atoms with E-state index in [1.165, 1.54) is 0 Å². The summed E-state index contributed by atoms with van der Waals surface area (Å²) in [7, 11) is 0. The maximum Gasteiger partial charge on any atom is 2.00 e. The second-order valence-corrected chi connectivity index (χ2v) is 4.14. The molecule has 6 N–H and O–H groups in total. The van der Waals surface area contributed by atoms with E-state index in [9.17, 15) is 29.4 Å². The number of carbonyl (C=O) groups is 4. The molecule has 152 valence electrons. The summed E-state index contributed by atoms with van der Waals surface area (Å²) >= 11 is 0. The molecule has 0 aromatic rings. The summed E-state index contributed by atoms with van der Waals surface area (Å²) in [6.07, 6.45) is 1.36. The van der Waals surface area contributed by atoms with Crippen LogP contribution < -0.4 is 21.7 Å². The SMILES string of the molecule is O=C([O-])CC(=O)[O-].[NH-]CC(=O)CCCN.[NH-]CC(=O)CCCN.[Pt+2].[Pt+2]. The number of Topliss-reactive ketones (excluding diaryl/α,β-unsaturated/α-hetero) is 2. The van der Waals surface area contributed by atoms with Crippen molar-refractivity contribution in [3.8, 4) is 0 Å². The molecule has 0 aliphatic carbocycles. The van der Waals surface area contributed by atoms with Crippen LogP contribution in [-0.2, 0) is 61.3 Å². The zero-order chi connectivity index (χ0) is 18.7. The van der Waals surface area contributed by atoms with Gasteiger partial charge in [-0.25, -0.2) is 0 Å². The molecule has 0 amide bonds. The number of rotatable bonds is 10. The maximum atomic E-state index is 10.3. The van der Waals surface area contributed by atoms with Crippen molar-refractivity contribution in [2.75, 3.05) is 26.2 Å². The topological polar surface area (TPSA) is 214 Å². The fourth-order valence-electron chi connectivity index (χ4n) is 0.893. The van der Waals surface area contributed by atoms with Crippen molar-refractivity contribution in [1.82, 2.24) is 0 Å². The predicted octanol–water partition coefficient (Wildman–Crippen LogP) is -2.44. The number of hydrogen-bond donors (Lipinski definition) is 2. The summed E-state index contributed by atoms with van der Waals surface area (Å²) in [6, 6.07) is 0. The minimum atomic E-state index is -1.63. The Morgan fingerprint density at radius 1 is 0.720 bits per heavy atom. The van der Waals surface area contributed by atoms with Crippen molar-refractivity contribution >= 4 is 23.5 Å². The average molecular weight is 723 g/mol. The molecular weight excluding hydrogens is 698 g/mol. The molecule has 0 radical (unpaired) electrons. The molecule has 0 aromatic carbocycles. The number of aliphatic carboxylic acids is 2. The van der Waals surface area contributed by atoms with E-state index in [0.717, 1.165) is 12.8 Å². The Labute approximate surface area is 176 Å². The van der Waals surface area contributed by atoms with Gasteiger partial charge in [-0.1, -0.05) is 13.1 Å². The van der Waals surface area contributed by atoms with Gasteiger partial charge in [-0.3, -0.25) is 0 Å². The van der Waals surface area contributed by atoms with E-state index in [1.807, 2.05) is 0 Å². The van der Waals surface area contributed by atoms with Crippen molar-refractivity contribution in [2.24, 2.45) is 11.5 Å². The van der Waals surface area contributed by atoms with Gasteiger partial charge in [0.2, 0.25) is 0 Å². The van der Waals surface area contributed by atoms with Gasteiger partial charge < -0.3 is 52.3 Å². The number of ketones is 2. The molecule has 0 rings (SSSR count). The third kappa shape index (κ3) is 45.2. The zero-order valence-corrected chi connectivity index (χ0v) is 18.1. The van der Waals surface area contributed by atoms with Gasteiger partial charge in [0.1, 0.15) is 11.6 Å². The first-order valence-corrected chi connectivity index (χ1v) is 6.87. The van der Waals surface area contributed by atoms with Crippen LogP contribution in [0.5, 0.6) is 0 Å². The molecule has 0 aliphatic heterocycles. The Morgan fingerprint density at radius 2 is 1.00 bits per heavy atom. The van der Waals surface area contributed by atoms with E-state index < -0.39 is 18.4 Å². The van der Waals surface area contributed by atoms with Crippen LogP contribution >= 0.6 is 0 Å². The van der Waals surface area contributed by atoms with E-state index in [2.05, 4.69) is 0 Å². The van der Waals surface area contributed by atoms with Crippen LogP contribution in [0.1, 0.15) is 32.1 Å². The molecule has 0 atom stereocenters. The van der Waals surface area contributed by atoms with Crippen molar-refractivity contribution in [3.05, 3.63) is 11.5 Å². The van der Waals surface area contributed by atoms with Crippen molar-refractivity contribution in [3.63, 3.8) is 0 Å². The molecule has 0 saturated heterocycles. The largest absolute Gasteiger partial charge is 2.00 e. The monoisotopic (exact) mass is 722 g/mol. The summed E-state index contributed by atoms with van der Waals surface area (Å²) in [4.78, 5) is 39.2. The molecule has 0 unspecified atom stereocenters. The van der Waals surface area contributed by atoms with E-state index in [4.69, 9.17) is 22.9 Å². The van der Waals surface area contributed by atoms with Gasteiger partial charge in [-0.05, 0) is 25.9 Å². The van der Waals surface area contributed by atoms with E-state index in [0.29, 0.717) is 25.9 Å². The van der Waals surface area contributed by atoms with Gasteiger partial charge in [0.25, 0.3) is 0 Å². The molecule has 0 aliphatic rings. The smallest absolute Gasteiger partial charge is 0.671 e. The molecule has 0 spiro atoms. The molecule has 12 heteroatoms. The number of carbonyl (C=O) groups excluding carboxylic acids is 4. The Hall–Kier alpha value is -0.503. The van der Waals surface area contributed by atoms with Crippen LogP contribution in [0.3, 0.4) is 0 Å². The second-order valence-electron chi connectivity index (χ2n) is 4.14. The number of nitrogens with two attached hydrogens (primary N) is 2. The first-order chi connectivity index (χ1) is 10.7. The van der Waals surface area contributed by atoms with Gasteiger partial charge in [-0.15, -0.1) is 0 Å². The van der Waals surface area contributed by atoms with Crippen molar-refractivity contribution in [2.45, 2.75) is 32.1 Å². The number of hydrogen-bond acceptors (Lipinski definition) is 8. The molecule has 0 bridgehead atoms. The van der Waals surface area contributed by atoms with Crippen LogP contribution in [0, 0.1) is 0 Å². The molecule has 0 heterocycles. The summed E-state index contributed by atoms with van der Waals surface area (Å²) < 4.78 is 0. The van der Waals surface area contributed by atoms with Gasteiger partial charge in [-0.2, -0.15) is 0 Å². The Balaban J connectivity index is -0.0000000771. The van der Waals surface area contributed by atoms with Crippen molar-refractivity contribution < 1.29 is 71.5 Å². The number of carboxylic acids is 2. The number of nitrogens with one attached hydrogen (secondary N) is 2. The molecule has 0 aromatic heterocycles. The van der Waals surface area contributed by atoms with Crippen LogP contribution in [0.4, 0.5) is 0 Å². The summed E-state index contributed by atoms with van der Waals surface area (Å²) in [6.45, 7) is 0.900. The Morgan fingerprint density at radius 3 is 1.12 bits per heavy atom. The van der Waals surface area contributed by atoms with Gasteiger partial charge in [0.15, 0.2) is 0 Å². The minimum Gasteiger partial charge on any atom is -0.671 e. The third-order valence-corrected chi connectivity index (χ3v) is 2.00. The Kier molecular flexibility index (Phi) is 40.3. The van der Waals surface area contributed by atoms with Gasteiger partial charge in [0.05, 0.1) is 0 Å². The van der Waals surface area contributed by atoms with Crippen LogP contribution in [0.25, 0.3) is 11.5 Å². The first kappa shape index (κ1) is 35.6. The number of carboxylic acid groups (broad SMARTS) is 2. The van der Waals surface area contributed by atoms with Crippen LogP contribution in [0.15, 0.2) is 0 Å².